The van der Waals surface area contributed by atoms with Gasteiger partial charge < -0.3 is 5.73 Å². The first-order chi connectivity index (χ1) is 16.0. The van der Waals surface area contributed by atoms with Crippen molar-refractivity contribution in [3.05, 3.63) is 71.8 Å². The van der Waals surface area contributed by atoms with Crippen molar-refractivity contribution in [2.75, 3.05) is 0 Å². The first kappa shape index (κ1) is 27.6. The van der Waals surface area contributed by atoms with Gasteiger partial charge in [0.25, 0.3) is 0 Å². The van der Waals surface area contributed by atoms with Crippen molar-refractivity contribution in [3.63, 3.8) is 0 Å². The number of rotatable bonds is 18. The van der Waals surface area contributed by atoms with E-state index in [2.05, 4.69) is 81.4 Å². The van der Waals surface area contributed by atoms with E-state index in [0.717, 1.165) is 6.42 Å². The lowest BCUT2D eigenvalue weighted by molar-refractivity contribution is 0.182. The van der Waals surface area contributed by atoms with Gasteiger partial charge in [0.2, 0.25) is 0 Å². The third-order valence-corrected chi connectivity index (χ3v) is 7.68. The van der Waals surface area contributed by atoms with E-state index >= 15 is 0 Å². The Kier molecular flexibility index (Phi) is 12.8. The van der Waals surface area contributed by atoms with E-state index in [-0.39, 0.29) is 5.41 Å². The van der Waals surface area contributed by atoms with Gasteiger partial charge >= 0.3 is 0 Å². The molecule has 2 aromatic rings. The summed E-state index contributed by atoms with van der Waals surface area (Å²) >= 11 is 0. The molecule has 0 atom stereocenters. The second kappa shape index (κ2) is 15.3. The van der Waals surface area contributed by atoms with Crippen molar-refractivity contribution in [3.8, 4) is 0 Å². The Bertz CT molecular complexity index is 679. The van der Waals surface area contributed by atoms with Gasteiger partial charge in [-0.1, -0.05) is 171 Å². The van der Waals surface area contributed by atoms with Crippen molar-refractivity contribution >= 4 is 0 Å². The van der Waals surface area contributed by atoms with E-state index in [0.29, 0.717) is 0 Å². The van der Waals surface area contributed by atoms with Crippen LogP contribution in [0.5, 0.6) is 0 Å². The van der Waals surface area contributed by atoms with E-state index in [1.54, 1.807) is 0 Å². The predicted octanol–water partition coefficient (Wildman–Crippen LogP) is 9.79. The summed E-state index contributed by atoms with van der Waals surface area (Å²) in [4.78, 5) is 0. The standard InChI is InChI=1S/C32H51N/c1-4-5-6-7-8-9-10-11-12-13-14-15-16-23-28-31(2,3)32(33,29-24-19-17-20-25-29)30-26-21-18-22-27-30/h17-22,24-27H,4-16,23,28,33H2,1-3H3. The normalized spacial score (nSPS) is 12.2. The summed E-state index contributed by atoms with van der Waals surface area (Å²) in [5, 5.41) is 0. The first-order valence-corrected chi connectivity index (χ1v) is 13.9. The molecule has 0 saturated heterocycles. The molecule has 0 aromatic heterocycles. The maximum Gasteiger partial charge on any atom is 0.0717 e. The fourth-order valence-corrected chi connectivity index (χ4v) is 5.31. The maximum absolute atomic E-state index is 7.27. The van der Waals surface area contributed by atoms with Gasteiger partial charge in [0.1, 0.15) is 0 Å². The molecule has 1 heteroatoms. The van der Waals surface area contributed by atoms with Gasteiger partial charge in [-0.3, -0.25) is 0 Å². The molecule has 184 valence electrons. The smallest absolute Gasteiger partial charge is 0.0717 e. The molecule has 0 aliphatic carbocycles. The summed E-state index contributed by atoms with van der Waals surface area (Å²) in [5.74, 6) is 0. The van der Waals surface area contributed by atoms with Crippen LogP contribution in [0.2, 0.25) is 0 Å². The van der Waals surface area contributed by atoms with Crippen LogP contribution in [0.15, 0.2) is 60.7 Å². The van der Waals surface area contributed by atoms with Crippen molar-refractivity contribution in [1.29, 1.82) is 0 Å². The van der Waals surface area contributed by atoms with Crippen LogP contribution in [0.25, 0.3) is 0 Å². The van der Waals surface area contributed by atoms with Crippen molar-refractivity contribution in [1.82, 2.24) is 0 Å². The van der Waals surface area contributed by atoms with E-state index in [9.17, 15) is 0 Å². The molecule has 0 radical (unpaired) electrons. The molecule has 2 rings (SSSR count). The minimum atomic E-state index is -0.480. The molecule has 0 unspecified atom stereocenters. The number of hydrogen-bond acceptors (Lipinski definition) is 1. The van der Waals surface area contributed by atoms with Crippen LogP contribution >= 0.6 is 0 Å². The molecule has 0 heterocycles. The molecule has 0 spiro atoms. The summed E-state index contributed by atoms with van der Waals surface area (Å²) in [6.45, 7) is 7.01. The predicted molar refractivity (Wildman–Crippen MR) is 147 cm³/mol. The Morgan fingerprint density at radius 1 is 0.515 bits per heavy atom. The lowest BCUT2D eigenvalue weighted by Gasteiger charge is -2.45. The molecule has 0 aliphatic rings. The Hall–Kier alpha value is -1.60. The van der Waals surface area contributed by atoms with Crippen LogP contribution in [0.3, 0.4) is 0 Å². The van der Waals surface area contributed by atoms with Gasteiger partial charge in [-0.05, 0) is 23.0 Å². The molecule has 0 bridgehead atoms. The van der Waals surface area contributed by atoms with Gasteiger partial charge in [0, 0.05) is 0 Å². The fraction of sp³-hybridized carbons (Fsp3) is 0.625. The van der Waals surface area contributed by atoms with Gasteiger partial charge in [-0.15, -0.1) is 0 Å². The molecule has 2 N–H and O–H groups in total. The number of benzene rings is 2. The van der Waals surface area contributed by atoms with Crippen molar-refractivity contribution in [2.45, 2.75) is 123 Å². The number of hydrogen-bond donors (Lipinski definition) is 1. The summed E-state index contributed by atoms with van der Waals surface area (Å²) in [6, 6.07) is 21.4. The summed E-state index contributed by atoms with van der Waals surface area (Å²) in [5.41, 5.74) is 9.20. The van der Waals surface area contributed by atoms with Crippen LogP contribution in [0.4, 0.5) is 0 Å². The minimum absolute atomic E-state index is 0.0210. The zero-order valence-electron chi connectivity index (χ0n) is 22.0. The molecule has 0 fully saturated rings. The fourth-order valence-electron chi connectivity index (χ4n) is 5.31. The molecular formula is C32H51N. The van der Waals surface area contributed by atoms with Crippen LogP contribution in [0.1, 0.15) is 128 Å². The Morgan fingerprint density at radius 3 is 1.21 bits per heavy atom. The Balaban J connectivity index is 1.70. The molecule has 33 heavy (non-hydrogen) atoms. The lowest BCUT2D eigenvalue weighted by atomic mass is 9.63. The number of nitrogens with two attached hydrogens (primary N) is 1. The second-order valence-corrected chi connectivity index (χ2v) is 10.8. The maximum atomic E-state index is 7.27. The highest BCUT2D eigenvalue weighted by molar-refractivity contribution is 5.40. The largest absolute Gasteiger partial charge is 0.317 e. The van der Waals surface area contributed by atoms with E-state index < -0.39 is 5.54 Å². The molecule has 0 amide bonds. The topological polar surface area (TPSA) is 26.0 Å². The third kappa shape index (κ3) is 8.93. The Labute approximate surface area is 205 Å². The van der Waals surface area contributed by atoms with E-state index in [4.69, 9.17) is 5.73 Å². The zero-order chi connectivity index (χ0) is 23.8. The van der Waals surface area contributed by atoms with Gasteiger partial charge in [0.15, 0.2) is 0 Å². The zero-order valence-corrected chi connectivity index (χ0v) is 22.0. The molecule has 2 aromatic carbocycles. The van der Waals surface area contributed by atoms with Crippen LogP contribution in [-0.4, -0.2) is 0 Å². The minimum Gasteiger partial charge on any atom is -0.317 e. The SMILES string of the molecule is CCCCCCCCCCCCCCCCC(C)(C)C(N)(c1ccccc1)c1ccccc1. The molecular weight excluding hydrogens is 398 g/mol. The monoisotopic (exact) mass is 449 g/mol. The van der Waals surface area contributed by atoms with Crippen LogP contribution in [-0.2, 0) is 5.54 Å². The summed E-state index contributed by atoms with van der Waals surface area (Å²) in [7, 11) is 0. The van der Waals surface area contributed by atoms with Crippen molar-refractivity contribution < 1.29 is 0 Å². The highest BCUT2D eigenvalue weighted by Gasteiger charge is 2.43. The second-order valence-electron chi connectivity index (χ2n) is 10.8. The quantitative estimate of drug-likeness (QED) is 0.225. The summed E-state index contributed by atoms with van der Waals surface area (Å²) in [6.07, 6.45) is 20.7. The molecule has 1 nitrogen and oxygen atoms in total. The van der Waals surface area contributed by atoms with Gasteiger partial charge in [-0.2, -0.15) is 0 Å². The summed E-state index contributed by atoms with van der Waals surface area (Å²) < 4.78 is 0. The van der Waals surface area contributed by atoms with E-state index in [1.807, 2.05) is 0 Å². The average molecular weight is 450 g/mol. The highest BCUT2D eigenvalue weighted by Crippen LogP contribution is 2.46. The van der Waals surface area contributed by atoms with Gasteiger partial charge in [-0.25, -0.2) is 0 Å². The average Bonchev–Trinajstić information content (AvgIpc) is 2.84. The Morgan fingerprint density at radius 2 is 0.848 bits per heavy atom. The van der Waals surface area contributed by atoms with Gasteiger partial charge in [0.05, 0.1) is 5.54 Å². The van der Waals surface area contributed by atoms with Crippen LogP contribution < -0.4 is 5.73 Å². The third-order valence-electron chi connectivity index (χ3n) is 7.68. The lowest BCUT2D eigenvalue weighted by Crippen LogP contribution is -2.50. The van der Waals surface area contributed by atoms with E-state index in [1.165, 1.54) is 101 Å². The molecule has 0 saturated carbocycles. The first-order valence-electron chi connectivity index (χ1n) is 13.9. The highest BCUT2D eigenvalue weighted by atomic mass is 14.8. The van der Waals surface area contributed by atoms with Crippen LogP contribution in [0, 0.1) is 5.41 Å². The van der Waals surface area contributed by atoms with Crippen molar-refractivity contribution in [2.24, 2.45) is 11.1 Å². The number of unbranched alkanes of at least 4 members (excludes halogenated alkanes) is 13. The molecule has 0 aliphatic heterocycles.